The van der Waals surface area contributed by atoms with Crippen molar-refractivity contribution in [1.29, 1.82) is 0 Å². The third-order valence-corrected chi connectivity index (χ3v) is 9.95. The molecule has 3 heterocycles. The zero-order valence-corrected chi connectivity index (χ0v) is 27.2. The number of pyridine rings is 1. The van der Waals surface area contributed by atoms with Gasteiger partial charge in [0.25, 0.3) is 0 Å². The first-order valence-electron chi connectivity index (χ1n) is 17.0. The van der Waals surface area contributed by atoms with Crippen molar-refractivity contribution in [3.63, 3.8) is 0 Å². The van der Waals surface area contributed by atoms with Crippen LogP contribution in [0.5, 0.6) is 0 Å². The first-order valence-corrected chi connectivity index (χ1v) is 17.0. The van der Waals surface area contributed by atoms with Crippen LogP contribution in [0.2, 0.25) is 0 Å². The monoisotopic (exact) mass is 637 g/mol. The van der Waals surface area contributed by atoms with Gasteiger partial charge in [0, 0.05) is 39.0 Å². The Bertz CT molecular complexity index is 2790. The maximum absolute atomic E-state index is 4.78. The Labute approximate surface area is 290 Å². The Morgan fingerprint density at radius 3 is 1.48 bits per heavy atom. The summed E-state index contributed by atoms with van der Waals surface area (Å²) in [5, 5.41) is 4.90. The molecule has 0 radical (unpaired) electrons. The summed E-state index contributed by atoms with van der Waals surface area (Å²) in [6.07, 6.45) is 3.95. The summed E-state index contributed by atoms with van der Waals surface area (Å²) in [6.45, 7) is 0. The molecule has 3 aromatic heterocycles. The van der Waals surface area contributed by atoms with E-state index in [0.717, 1.165) is 28.0 Å². The second kappa shape index (κ2) is 11.5. The van der Waals surface area contributed by atoms with Crippen molar-refractivity contribution in [2.75, 3.05) is 0 Å². The number of nitrogens with zero attached hydrogens (tertiary/aromatic N) is 3. The largest absolute Gasteiger partial charge is 0.309 e. The Hall–Kier alpha value is -6.71. The van der Waals surface area contributed by atoms with E-state index in [1.165, 1.54) is 60.3 Å². The van der Waals surface area contributed by atoms with Crippen molar-refractivity contribution in [2.45, 2.75) is 0 Å². The van der Waals surface area contributed by atoms with Gasteiger partial charge in [0.1, 0.15) is 0 Å². The maximum atomic E-state index is 4.78. The predicted octanol–water partition coefficient (Wildman–Crippen LogP) is 12.3. The van der Waals surface area contributed by atoms with Gasteiger partial charge >= 0.3 is 0 Å². The van der Waals surface area contributed by atoms with Gasteiger partial charge in [0.05, 0.1) is 34.0 Å². The number of hydrogen-bond acceptors (Lipinski definition) is 1. The summed E-state index contributed by atoms with van der Waals surface area (Å²) in [4.78, 5) is 4.78. The van der Waals surface area contributed by atoms with Crippen LogP contribution in [0, 0.1) is 0 Å². The molecule has 10 rings (SSSR count). The highest BCUT2D eigenvalue weighted by molar-refractivity contribution is 6.26. The van der Waals surface area contributed by atoms with Gasteiger partial charge < -0.3 is 9.13 Å². The summed E-state index contributed by atoms with van der Waals surface area (Å²) in [5.41, 5.74) is 13.9. The van der Waals surface area contributed by atoms with E-state index in [4.69, 9.17) is 4.98 Å². The molecule has 234 valence electrons. The van der Waals surface area contributed by atoms with Gasteiger partial charge in [-0.2, -0.15) is 0 Å². The molecule has 7 aromatic carbocycles. The number of para-hydroxylation sites is 2. The normalized spacial score (nSPS) is 11.6. The summed E-state index contributed by atoms with van der Waals surface area (Å²) in [7, 11) is 0. The minimum atomic E-state index is 1.04. The minimum Gasteiger partial charge on any atom is -0.309 e. The molecule has 0 atom stereocenters. The van der Waals surface area contributed by atoms with Crippen LogP contribution in [0.1, 0.15) is 0 Å². The van der Waals surface area contributed by atoms with Crippen LogP contribution < -0.4 is 0 Å². The molecule has 0 unspecified atom stereocenters. The predicted molar refractivity (Wildman–Crippen MR) is 209 cm³/mol. The average molecular weight is 638 g/mol. The summed E-state index contributed by atoms with van der Waals surface area (Å²) in [6, 6.07) is 63.3. The quantitative estimate of drug-likeness (QED) is 0.184. The van der Waals surface area contributed by atoms with Crippen molar-refractivity contribution < 1.29 is 0 Å². The smallest absolute Gasteiger partial charge is 0.0651 e. The van der Waals surface area contributed by atoms with E-state index < -0.39 is 0 Å². The first kappa shape index (κ1) is 28.3. The van der Waals surface area contributed by atoms with Crippen molar-refractivity contribution in [1.82, 2.24) is 14.1 Å². The van der Waals surface area contributed by atoms with Gasteiger partial charge in [-0.25, -0.2) is 0 Å². The zero-order valence-electron chi connectivity index (χ0n) is 27.2. The first-order chi connectivity index (χ1) is 24.8. The van der Waals surface area contributed by atoms with Crippen LogP contribution in [0.25, 0.3) is 88.4 Å². The van der Waals surface area contributed by atoms with Crippen LogP contribution in [0.15, 0.2) is 188 Å². The zero-order chi connectivity index (χ0) is 33.0. The number of rotatable bonds is 5. The average Bonchev–Trinajstić information content (AvgIpc) is 3.72. The van der Waals surface area contributed by atoms with Crippen molar-refractivity contribution >= 4 is 43.6 Å². The van der Waals surface area contributed by atoms with Crippen LogP contribution >= 0.6 is 0 Å². The molecule has 0 bridgehead atoms. The third kappa shape index (κ3) is 4.48. The standard InChI is InChI=1S/C47H31N3/c1-4-14-32(15-5-1)35-26-36(33-16-6-2-7-17-33)28-38(27-35)49-44-23-13-11-21-42(44)46-45(49)25-24-41-40-20-10-12-22-43(40)50(47(41)46)39-29-37(30-48-31-39)34-18-8-3-9-19-34/h1-31H. The molecule has 0 fully saturated rings. The van der Waals surface area contributed by atoms with Crippen LogP contribution in [-0.2, 0) is 0 Å². The van der Waals surface area contributed by atoms with Crippen LogP contribution in [-0.4, -0.2) is 14.1 Å². The lowest BCUT2D eigenvalue weighted by atomic mass is 9.98. The van der Waals surface area contributed by atoms with Gasteiger partial charge in [-0.1, -0.05) is 133 Å². The lowest BCUT2D eigenvalue weighted by Crippen LogP contribution is -1.97. The number of aromatic nitrogens is 3. The molecular formula is C47H31N3. The van der Waals surface area contributed by atoms with Crippen LogP contribution in [0.4, 0.5) is 0 Å². The number of benzene rings is 7. The van der Waals surface area contributed by atoms with Crippen molar-refractivity contribution in [3.05, 3.63) is 188 Å². The highest BCUT2D eigenvalue weighted by Crippen LogP contribution is 2.43. The molecule has 0 aliphatic heterocycles. The second-order valence-electron chi connectivity index (χ2n) is 12.9. The lowest BCUT2D eigenvalue weighted by molar-refractivity contribution is 1.14. The van der Waals surface area contributed by atoms with Crippen molar-refractivity contribution in [2.24, 2.45) is 0 Å². The second-order valence-corrected chi connectivity index (χ2v) is 12.9. The Morgan fingerprint density at radius 1 is 0.320 bits per heavy atom. The van der Waals surface area contributed by atoms with Gasteiger partial charge in [-0.15, -0.1) is 0 Å². The van der Waals surface area contributed by atoms with Crippen LogP contribution in [0.3, 0.4) is 0 Å². The van der Waals surface area contributed by atoms with E-state index in [1.807, 2.05) is 12.4 Å². The minimum absolute atomic E-state index is 1.04. The molecule has 0 N–H and O–H groups in total. The highest BCUT2D eigenvalue weighted by Gasteiger charge is 2.21. The topological polar surface area (TPSA) is 22.8 Å². The fourth-order valence-corrected chi connectivity index (χ4v) is 7.73. The van der Waals surface area contributed by atoms with E-state index >= 15 is 0 Å². The van der Waals surface area contributed by atoms with E-state index in [-0.39, 0.29) is 0 Å². The molecule has 10 aromatic rings. The SMILES string of the molecule is c1ccc(-c2cc(-c3ccccc3)cc(-n3c4ccccc4c4c3ccc3c5ccccc5n(-c5cncc(-c6ccccc6)c5)c34)c2)cc1. The molecule has 0 spiro atoms. The summed E-state index contributed by atoms with van der Waals surface area (Å²) in [5.74, 6) is 0. The van der Waals surface area contributed by atoms with E-state index in [1.54, 1.807) is 0 Å². The van der Waals surface area contributed by atoms with Gasteiger partial charge in [0.2, 0.25) is 0 Å². The third-order valence-electron chi connectivity index (χ3n) is 9.95. The molecule has 0 aliphatic carbocycles. The fourth-order valence-electron chi connectivity index (χ4n) is 7.73. The Kier molecular flexibility index (Phi) is 6.49. The molecule has 0 amide bonds. The molecule has 0 saturated carbocycles. The maximum Gasteiger partial charge on any atom is 0.0651 e. The van der Waals surface area contributed by atoms with Crippen molar-refractivity contribution in [3.8, 4) is 44.8 Å². The van der Waals surface area contributed by atoms with E-state index in [9.17, 15) is 0 Å². The molecular weight excluding hydrogens is 607 g/mol. The Balaban J connectivity index is 1.31. The molecule has 50 heavy (non-hydrogen) atoms. The van der Waals surface area contributed by atoms with Gasteiger partial charge in [-0.3, -0.25) is 4.98 Å². The Morgan fingerprint density at radius 2 is 0.840 bits per heavy atom. The molecule has 3 heteroatoms. The molecule has 0 saturated heterocycles. The van der Waals surface area contributed by atoms with Gasteiger partial charge in [0.15, 0.2) is 0 Å². The van der Waals surface area contributed by atoms with E-state index in [2.05, 4.69) is 185 Å². The summed E-state index contributed by atoms with van der Waals surface area (Å²) < 4.78 is 4.86. The number of fused-ring (bicyclic) bond motifs is 7. The van der Waals surface area contributed by atoms with Gasteiger partial charge in [-0.05, 0) is 70.3 Å². The lowest BCUT2D eigenvalue weighted by Gasteiger charge is -2.14. The fraction of sp³-hybridized carbons (Fsp3) is 0. The number of hydrogen-bond donors (Lipinski definition) is 0. The molecule has 0 aliphatic rings. The summed E-state index contributed by atoms with van der Waals surface area (Å²) >= 11 is 0. The van der Waals surface area contributed by atoms with E-state index in [0.29, 0.717) is 0 Å². The highest BCUT2D eigenvalue weighted by atomic mass is 15.0. The molecule has 3 nitrogen and oxygen atoms in total.